The zero-order valence-electron chi connectivity index (χ0n) is 25.3. The number of unbranched alkanes of at least 4 members (excludes halogenated alkanes) is 1. The van der Waals surface area contributed by atoms with Crippen molar-refractivity contribution < 1.29 is 19.1 Å². The molecule has 2 saturated heterocycles. The van der Waals surface area contributed by atoms with Crippen molar-refractivity contribution in [2.24, 2.45) is 0 Å². The molecule has 2 aliphatic rings. The van der Waals surface area contributed by atoms with Crippen LogP contribution in [0.4, 0.5) is 4.79 Å². The molecular weight excluding hydrogens is 574 g/mol. The number of nitrogens with one attached hydrogen (secondary N) is 1. The number of hydrogen-bond acceptors (Lipinski definition) is 7. The molecule has 0 aliphatic carbocycles. The molecule has 0 saturated carbocycles. The molecule has 0 unspecified atom stereocenters. The van der Waals surface area contributed by atoms with Crippen LogP contribution in [0.3, 0.4) is 0 Å². The molecule has 11 heteroatoms. The van der Waals surface area contributed by atoms with E-state index in [1.165, 1.54) is 7.11 Å². The number of aromatic nitrogens is 1. The average molecular weight is 618 g/mol. The number of nitrogens with zero attached hydrogens (tertiary/aromatic N) is 4. The molecule has 2 fully saturated rings. The lowest BCUT2D eigenvalue weighted by molar-refractivity contribution is -0.140. The van der Waals surface area contributed by atoms with Crippen LogP contribution in [-0.2, 0) is 16.1 Å². The van der Waals surface area contributed by atoms with Crippen molar-refractivity contribution in [3.63, 3.8) is 0 Å². The maximum Gasteiger partial charge on any atom is 0.317 e. The zero-order valence-corrected chi connectivity index (χ0v) is 26.9. The topological polar surface area (TPSA) is 95.1 Å². The summed E-state index contributed by atoms with van der Waals surface area (Å²) in [5.41, 5.74) is 3.37. The first-order chi connectivity index (χ1) is 20.1. The Morgan fingerprint density at radius 2 is 1.88 bits per heavy atom. The van der Waals surface area contributed by atoms with Gasteiger partial charge in [0.1, 0.15) is 5.15 Å². The lowest BCUT2D eigenvalue weighted by Gasteiger charge is -2.50. The van der Waals surface area contributed by atoms with Crippen LogP contribution >= 0.6 is 22.9 Å². The third-order valence-electron chi connectivity index (χ3n) is 8.88. The molecule has 2 aromatic heterocycles. The van der Waals surface area contributed by atoms with Gasteiger partial charge in [-0.25, -0.2) is 9.78 Å². The summed E-state index contributed by atoms with van der Waals surface area (Å²) in [6.45, 7) is 10.5. The number of thiophene rings is 1. The summed E-state index contributed by atoms with van der Waals surface area (Å²) in [5.74, 6) is -0.183. The third-order valence-corrected chi connectivity index (χ3v) is 9.81. The molecule has 0 bridgehead atoms. The molecule has 2 aliphatic heterocycles. The Balaban J connectivity index is 1.31. The molecule has 4 heterocycles. The summed E-state index contributed by atoms with van der Waals surface area (Å²) >= 11 is 7.73. The van der Waals surface area contributed by atoms with Crippen LogP contribution in [0.5, 0.6) is 0 Å². The van der Waals surface area contributed by atoms with Crippen LogP contribution < -0.4 is 5.32 Å². The van der Waals surface area contributed by atoms with E-state index in [0.29, 0.717) is 55.4 Å². The van der Waals surface area contributed by atoms with Crippen molar-refractivity contribution in [3.8, 4) is 0 Å². The Morgan fingerprint density at radius 3 is 2.50 bits per heavy atom. The summed E-state index contributed by atoms with van der Waals surface area (Å²) in [6, 6.07) is 3.95. The van der Waals surface area contributed by atoms with Gasteiger partial charge in [0.2, 0.25) is 0 Å². The quantitative estimate of drug-likeness (QED) is 0.217. The van der Waals surface area contributed by atoms with E-state index >= 15 is 0 Å². The van der Waals surface area contributed by atoms with Gasteiger partial charge in [0.05, 0.1) is 18.4 Å². The predicted octanol–water partition coefficient (Wildman–Crippen LogP) is 5.43. The molecule has 230 valence electrons. The highest BCUT2D eigenvalue weighted by molar-refractivity contribution is 7.07. The standard InChI is InChI=1S/C31H44ClN5O4S/c1-22-19-26(32)34-23(2)28(22)29(39)35-16-11-31(3,12-17-35)36-14-8-25(9-15-36)37(20-24-10-18-42-21-24)30(40)33-13-6-5-7-27(38)41-4/h10,18-19,21,25H,5-9,11-17,20H2,1-4H3,(H,33,40). The minimum Gasteiger partial charge on any atom is -0.469 e. The smallest absolute Gasteiger partial charge is 0.317 e. The Bertz CT molecular complexity index is 1200. The van der Waals surface area contributed by atoms with Gasteiger partial charge >= 0.3 is 12.0 Å². The fourth-order valence-electron chi connectivity index (χ4n) is 6.23. The predicted molar refractivity (Wildman–Crippen MR) is 166 cm³/mol. The van der Waals surface area contributed by atoms with Gasteiger partial charge in [0, 0.05) is 57.3 Å². The van der Waals surface area contributed by atoms with Crippen molar-refractivity contribution in [1.82, 2.24) is 25.0 Å². The van der Waals surface area contributed by atoms with Crippen molar-refractivity contribution in [1.29, 1.82) is 0 Å². The number of urea groups is 1. The second-order valence-corrected chi connectivity index (χ2v) is 12.9. The van der Waals surface area contributed by atoms with Crippen molar-refractivity contribution in [3.05, 3.63) is 50.4 Å². The molecule has 4 rings (SSSR count). The summed E-state index contributed by atoms with van der Waals surface area (Å²) in [6.07, 6.45) is 5.43. The van der Waals surface area contributed by atoms with E-state index in [0.717, 1.165) is 56.3 Å². The number of pyridine rings is 1. The van der Waals surface area contributed by atoms with Gasteiger partial charge in [-0.3, -0.25) is 14.5 Å². The first-order valence-corrected chi connectivity index (χ1v) is 16.2. The molecule has 0 atom stereocenters. The van der Waals surface area contributed by atoms with E-state index in [9.17, 15) is 14.4 Å². The lowest BCUT2D eigenvalue weighted by atomic mass is 9.85. The van der Waals surface area contributed by atoms with Gasteiger partial charge in [-0.2, -0.15) is 11.3 Å². The maximum atomic E-state index is 13.4. The second-order valence-electron chi connectivity index (χ2n) is 11.8. The Morgan fingerprint density at radius 1 is 1.17 bits per heavy atom. The second kappa shape index (κ2) is 14.7. The zero-order chi connectivity index (χ0) is 30.3. The average Bonchev–Trinajstić information content (AvgIpc) is 3.49. The molecule has 2 aromatic rings. The monoisotopic (exact) mass is 617 g/mol. The highest BCUT2D eigenvalue weighted by Crippen LogP contribution is 2.33. The van der Waals surface area contributed by atoms with Gasteiger partial charge < -0.3 is 19.9 Å². The van der Waals surface area contributed by atoms with Crippen LogP contribution in [0.2, 0.25) is 5.15 Å². The molecule has 0 aromatic carbocycles. The summed E-state index contributed by atoms with van der Waals surface area (Å²) in [4.78, 5) is 48.9. The number of carbonyl (C=O) groups excluding carboxylic acids is 3. The number of halogens is 1. The van der Waals surface area contributed by atoms with Gasteiger partial charge in [0.15, 0.2) is 0 Å². The number of amides is 3. The van der Waals surface area contributed by atoms with E-state index in [4.69, 9.17) is 16.3 Å². The Kier molecular flexibility index (Phi) is 11.3. The highest BCUT2D eigenvalue weighted by atomic mass is 35.5. The molecule has 1 N–H and O–H groups in total. The molecule has 42 heavy (non-hydrogen) atoms. The number of methoxy groups -OCH3 is 1. The number of rotatable bonds is 10. The van der Waals surface area contributed by atoms with Crippen molar-refractivity contribution >= 4 is 40.8 Å². The largest absolute Gasteiger partial charge is 0.469 e. The van der Waals surface area contributed by atoms with Gasteiger partial charge in [-0.1, -0.05) is 11.6 Å². The number of carbonyl (C=O) groups is 3. The van der Waals surface area contributed by atoms with E-state index in [2.05, 4.69) is 33.6 Å². The first kappa shape index (κ1) is 32.2. The van der Waals surface area contributed by atoms with E-state index < -0.39 is 0 Å². The number of aryl methyl sites for hydroxylation is 2. The number of esters is 1. The Labute approximate surface area is 258 Å². The number of ether oxygens (including phenoxy) is 1. The van der Waals surface area contributed by atoms with Crippen LogP contribution in [-0.4, -0.2) is 89.0 Å². The number of piperidine rings is 2. The maximum absolute atomic E-state index is 13.4. The van der Waals surface area contributed by atoms with Gasteiger partial charge in [-0.15, -0.1) is 0 Å². The third kappa shape index (κ3) is 8.02. The first-order valence-electron chi connectivity index (χ1n) is 14.9. The summed E-state index contributed by atoms with van der Waals surface area (Å²) < 4.78 is 4.70. The van der Waals surface area contributed by atoms with E-state index in [1.807, 2.05) is 29.0 Å². The van der Waals surface area contributed by atoms with E-state index in [1.54, 1.807) is 17.4 Å². The molecule has 9 nitrogen and oxygen atoms in total. The van der Waals surface area contributed by atoms with Crippen molar-refractivity contribution in [2.75, 3.05) is 39.8 Å². The molecule has 0 radical (unpaired) electrons. The highest BCUT2D eigenvalue weighted by Gasteiger charge is 2.40. The van der Waals surface area contributed by atoms with Gasteiger partial charge in [-0.05, 0) is 93.3 Å². The fraction of sp³-hybridized carbons (Fsp3) is 0.613. The minimum atomic E-state index is -0.220. The molecule has 0 spiro atoms. The van der Waals surface area contributed by atoms with Crippen LogP contribution in [0.15, 0.2) is 22.9 Å². The minimum absolute atomic E-state index is 0.0180. The summed E-state index contributed by atoms with van der Waals surface area (Å²) in [7, 11) is 1.39. The number of hydrogen-bond donors (Lipinski definition) is 1. The summed E-state index contributed by atoms with van der Waals surface area (Å²) in [5, 5.41) is 7.65. The fourth-order valence-corrected chi connectivity index (χ4v) is 7.18. The Hall–Kier alpha value is -2.69. The lowest BCUT2D eigenvalue weighted by Crippen LogP contribution is -2.58. The SMILES string of the molecule is COC(=O)CCCCNC(=O)N(Cc1ccsc1)C1CCN(C2(C)CCN(C(=O)c3c(C)cc(Cl)nc3C)CC2)CC1. The normalized spacial score (nSPS) is 17.6. The van der Waals surface area contributed by atoms with E-state index in [-0.39, 0.29) is 29.5 Å². The van der Waals surface area contributed by atoms with Crippen LogP contribution in [0, 0.1) is 13.8 Å². The number of likely N-dealkylation sites (tertiary alicyclic amines) is 2. The van der Waals surface area contributed by atoms with Crippen LogP contribution in [0.1, 0.15) is 79.0 Å². The molecular formula is C31H44ClN5O4S. The van der Waals surface area contributed by atoms with Gasteiger partial charge in [0.25, 0.3) is 5.91 Å². The molecule has 3 amide bonds. The van der Waals surface area contributed by atoms with Crippen molar-refractivity contribution in [2.45, 2.75) is 83.8 Å². The van der Waals surface area contributed by atoms with Crippen LogP contribution in [0.25, 0.3) is 0 Å².